The maximum Gasteiger partial charge on any atom is 0.259 e. The lowest BCUT2D eigenvalue weighted by atomic mass is 9.79. The highest BCUT2D eigenvalue weighted by Gasteiger charge is 2.47. The summed E-state index contributed by atoms with van der Waals surface area (Å²) in [6, 6.07) is 11.2. The molecule has 1 fully saturated rings. The number of hydrogen-bond acceptors (Lipinski definition) is 4. The van der Waals surface area contributed by atoms with Gasteiger partial charge in [0.05, 0.1) is 5.57 Å². The molecule has 0 atom stereocenters. The third-order valence-electron chi connectivity index (χ3n) is 5.23. The number of nitrogens with zero attached hydrogens (tertiary/aromatic N) is 2. The number of aryl methyl sites for hydroxylation is 1. The zero-order chi connectivity index (χ0) is 18.7. The molecule has 1 N–H and O–H groups in total. The van der Waals surface area contributed by atoms with Crippen LogP contribution < -0.4 is 5.32 Å². The van der Waals surface area contributed by atoms with Gasteiger partial charge in [-0.05, 0) is 57.2 Å². The summed E-state index contributed by atoms with van der Waals surface area (Å²) in [7, 11) is 0. The number of benzene rings is 1. The number of nitrogens with one attached hydrogen (secondary N) is 1. The van der Waals surface area contributed by atoms with Gasteiger partial charge in [0.2, 0.25) is 0 Å². The van der Waals surface area contributed by atoms with Crippen LogP contribution in [-0.2, 0) is 9.53 Å². The molecule has 5 nitrogen and oxygen atoms in total. The molecule has 5 heteroatoms. The van der Waals surface area contributed by atoms with Crippen LogP contribution in [0.5, 0.6) is 0 Å². The van der Waals surface area contributed by atoms with Crippen molar-refractivity contribution in [1.29, 1.82) is 10.5 Å². The minimum Gasteiger partial charge on any atom is -0.480 e. The maximum absolute atomic E-state index is 13.0. The number of ether oxygens (including phenoxy) is 1. The molecule has 0 saturated heterocycles. The van der Waals surface area contributed by atoms with E-state index in [-0.39, 0.29) is 17.2 Å². The van der Waals surface area contributed by atoms with E-state index in [2.05, 4.69) is 5.32 Å². The fraction of sp³-hybridized carbons (Fsp3) is 0.381. The van der Waals surface area contributed by atoms with Crippen LogP contribution in [0.3, 0.4) is 0 Å². The highest BCUT2D eigenvalue weighted by molar-refractivity contribution is 6.08. The Hall–Kier alpha value is -3.05. The molecule has 1 aliphatic heterocycles. The first-order valence-electron chi connectivity index (χ1n) is 8.84. The number of carbonyl (C=O) groups excluding carboxylic acids is 1. The molecule has 0 unspecified atom stereocenters. The third kappa shape index (κ3) is 3.09. The van der Waals surface area contributed by atoms with Crippen molar-refractivity contribution in [3.63, 3.8) is 0 Å². The summed E-state index contributed by atoms with van der Waals surface area (Å²) in [4.78, 5) is 13.0. The van der Waals surface area contributed by atoms with Crippen LogP contribution in [0.1, 0.15) is 44.6 Å². The van der Waals surface area contributed by atoms with Crippen LogP contribution in [0.15, 0.2) is 46.7 Å². The second-order valence-corrected chi connectivity index (χ2v) is 6.90. The Kier molecular flexibility index (Phi) is 4.82. The summed E-state index contributed by atoms with van der Waals surface area (Å²) in [5.74, 6) is -0.217. The molecule has 26 heavy (non-hydrogen) atoms. The number of rotatable bonds is 2. The van der Waals surface area contributed by atoms with Gasteiger partial charge >= 0.3 is 0 Å². The van der Waals surface area contributed by atoms with E-state index in [0.717, 1.165) is 43.2 Å². The van der Waals surface area contributed by atoms with Gasteiger partial charge in [0.15, 0.2) is 11.3 Å². The quantitative estimate of drug-likeness (QED) is 0.809. The standard InChI is InChI=1S/C21H21N3O2/c1-14-6-8-17(9-7-14)24-20(25)18-15(2)21(10-4-3-5-11-21)26-19(18)16(12-22)13-23/h6-9H,3-5,10-11H2,1-2H3,(H,24,25). The normalized spacial score (nSPS) is 18.1. The lowest BCUT2D eigenvalue weighted by Crippen LogP contribution is -2.32. The first kappa shape index (κ1) is 17.8. The van der Waals surface area contributed by atoms with Crippen molar-refractivity contribution in [2.24, 2.45) is 0 Å². The predicted molar refractivity (Wildman–Crippen MR) is 97.7 cm³/mol. The van der Waals surface area contributed by atoms with E-state index >= 15 is 0 Å². The molecule has 132 valence electrons. The van der Waals surface area contributed by atoms with E-state index in [0.29, 0.717) is 11.3 Å². The average molecular weight is 347 g/mol. The van der Waals surface area contributed by atoms with Crippen molar-refractivity contribution in [2.45, 2.75) is 51.6 Å². The lowest BCUT2D eigenvalue weighted by Gasteiger charge is -2.34. The van der Waals surface area contributed by atoms with Crippen molar-refractivity contribution in [1.82, 2.24) is 0 Å². The number of carbonyl (C=O) groups is 1. The van der Waals surface area contributed by atoms with Crippen molar-refractivity contribution in [2.75, 3.05) is 5.32 Å². The smallest absolute Gasteiger partial charge is 0.259 e. The number of anilines is 1. The number of amides is 1. The monoisotopic (exact) mass is 347 g/mol. The predicted octanol–water partition coefficient (Wildman–Crippen LogP) is 4.28. The topological polar surface area (TPSA) is 85.9 Å². The first-order chi connectivity index (χ1) is 12.5. The molecular formula is C21H21N3O2. The molecule has 2 aliphatic rings. The first-order valence-corrected chi connectivity index (χ1v) is 8.84. The van der Waals surface area contributed by atoms with Crippen molar-refractivity contribution < 1.29 is 9.53 Å². The largest absolute Gasteiger partial charge is 0.480 e. The molecule has 0 radical (unpaired) electrons. The number of nitriles is 2. The van der Waals surface area contributed by atoms with E-state index in [1.807, 2.05) is 50.3 Å². The summed E-state index contributed by atoms with van der Waals surface area (Å²) in [5.41, 5.74) is 2.19. The van der Waals surface area contributed by atoms with Gasteiger partial charge in [-0.25, -0.2) is 0 Å². The Morgan fingerprint density at radius 1 is 1.08 bits per heavy atom. The molecule has 0 aromatic heterocycles. The van der Waals surface area contributed by atoms with Gasteiger partial charge in [-0.1, -0.05) is 24.1 Å². The highest BCUT2D eigenvalue weighted by atomic mass is 16.5. The summed E-state index contributed by atoms with van der Waals surface area (Å²) in [6.07, 6.45) is 4.74. The fourth-order valence-electron chi connectivity index (χ4n) is 3.73. The molecule has 1 heterocycles. The van der Waals surface area contributed by atoms with Gasteiger partial charge in [0.1, 0.15) is 17.7 Å². The summed E-state index contributed by atoms with van der Waals surface area (Å²) >= 11 is 0. The van der Waals surface area contributed by atoms with Gasteiger partial charge < -0.3 is 10.1 Å². The summed E-state index contributed by atoms with van der Waals surface area (Å²) in [6.45, 7) is 3.86. The molecule has 1 aromatic rings. The Balaban J connectivity index is 2.02. The van der Waals surface area contributed by atoms with Gasteiger partial charge in [-0.15, -0.1) is 0 Å². The van der Waals surface area contributed by atoms with Gasteiger partial charge in [-0.2, -0.15) is 10.5 Å². The van der Waals surface area contributed by atoms with E-state index in [1.165, 1.54) is 0 Å². The zero-order valence-corrected chi connectivity index (χ0v) is 15.1. The number of hydrogen-bond donors (Lipinski definition) is 1. The third-order valence-corrected chi connectivity index (χ3v) is 5.23. The molecule has 1 spiro atoms. The van der Waals surface area contributed by atoms with Crippen LogP contribution in [0, 0.1) is 29.6 Å². The molecule has 1 saturated carbocycles. The van der Waals surface area contributed by atoms with Gasteiger partial charge in [0, 0.05) is 5.69 Å². The van der Waals surface area contributed by atoms with Crippen LogP contribution in [-0.4, -0.2) is 11.5 Å². The van der Waals surface area contributed by atoms with E-state index in [4.69, 9.17) is 4.74 Å². The van der Waals surface area contributed by atoms with Crippen LogP contribution in [0.2, 0.25) is 0 Å². The maximum atomic E-state index is 13.0. The van der Waals surface area contributed by atoms with Gasteiger partial charge in [0.25, 0.3) is 5.91 Å². The van der Waals surface area contributed by atoms with Crippen LogP contribution >= 0.6 is 0 Å². The molecular weight excluding hydrogens is 326 g/mol. The minimum absolute atomic E-state index is 0.124. The van der Waals surface area contributed by atoms with E-state index in [1.54, 1.807) is 0 Å². The SMILES string of the molecule is CC1=C(C(=O)Nc2ccc(C)cc2)C(=C(C#N)C#N)OC12CCCCC2. The van der Waals surface area contributed by atoms with Crippen LogP contribution in [0.4, 0.5) is 5.69 Å². The van der Waals surface area contributed by atoms with Crippen molar-refractivity contribution >= 4 is 11.6 Å². The Bertz CT molecular complexity index is 857. The fourth-order valence-corrected chi connectivity index (χ4v) is 3.73. The van der Waals surface area contributed by atoms with Gasteiger partial charge in [-0.3, -0.25) is 4.79 Å². The second-order valence-electron chi connectivity index (χ2n) is 6.90. The zero-order valence-electron chi connectivity index (χ0n) is 15.1. The Labute approximate surface area is 153 Å². The van der Waals surface area contributed by atoms with Crippen LogP contribution in [0.25, 0.3) is 0 Å². The molecule has 1 amide bonds. The lowest BCUT2D eigenvalue weighted by molar-refractivity contribution is -0.112. The Morgan fingerprint density at radius 3 is 2.27 bits per heavy atom. The number of allylic oxidation sites excluding steroid dienone is 1. The average Bonchev–Trinajstić information content (AvgIpc) is 2.91. The molecule has 0 bridgehead atoms. The van der Waals surface area contributed by atoms with E-state index in [9.17, 15) is 15.3 Å². The summed E-state index contributed by atoms with van der Waals surface area (Å²) < 4.78 is 6.14. The molecule has 1 aromatic carbocycles. The van der Waals surface area contributed by atoms with Crippen molar-refractivity contribution in [3.8, 4) is 12.1 Å². The second kappa shape index (κ2) is 7.06. The molecule has 1 aliphatic carbocycles. The minimum atomic E-state index is -0.563. The highest BCUT2D eigenvalue weighted by Crippen LogP contribution is 2.48. The van der Waals surface area contributed by atoms with Crippen molar-refractivity contribution in [3.05, 3.63) is 52.3 Å². The Morgan fingerprint density at radius 2 is 1.69 bits per heavy atom. The summed E-state index contributed by atoms with van der Waals surface area (Å²) in [5, 5.41) is 21.5. The van der Waals surface area contributed by atoms with E-state index < -0.39 is 5.60 Å². The molecule has 3 rings (SSSR count).